The molecule has 0 bridgehead atoms. The van der Waals surface area contributed by atoms with E-state index in [1.165, 1.54) is 12.1 Å². The van der Waals surface area contributed by atoms with Crippen molar-refractivity contribution in [2.24, 2.45) is 0 Å². The van der Waals surface area contributed by atoms with Crippen LogP contribution in [-0.2, 0) is 16.6 Å². The van der Waals surface area contributed by atoms with E-state index in [0.29, 0.717) is 6.54 Å². The van der Waals surface area contributed by atoms with E-state index < -0.39 is 10.0 Å². The van der Waals surface area contributed by atoms with E-state index >= 15 is 0 Å². The highest BCUT2D eigenvalue weighted by Crippen LogP contribution is 2.14. The average Bonchev–Trinajstić information content (AvgIpc) is 2.63. The van der Waals surface area contributed by atoms with Gasteiger partial charge < -0.3 is 14.4 Å². The first-order chi connectivity index (χ1) is 7.85. The van der Waals surface area contributed by atoms with Crippen LogP contribution in [0.4, 0.5) is 0 Å². The van der Waals surface area contributed by atoms with Crippen LogP contribution < -0.4 is 4.72 Å². The largest absolute Gasteiger partial charge is 0.446 e. The van der Waals surface area contributed by atoms with Crippen LogP contribution in [-0.4, -0.2) is 45.1 Å². The predicted molar refractivity (Wildman–Crippen MR) is 63.0 cm³/mol. The first-order valence-corrected chi connectivity index (χ1v) is 6.70. The third-order valence-corrected chi connectivity index (χ3v) is 3.51. The quantitative estimate of drug-likeness (QED) is 0.754. The molecule has 1 heterocycles. The first-order valence-electron chi connectivity index (χ1n) is 5.22. The Hall–Kier alpha value is -0.890. The van der Waals surface area contributed by atoms with Crippen LogP contribution in [0, 0.1) is 0 Å². The lowest BCUT2D eigenvalue weighted by Gasteiger charge is -2.17. The molecule has 98 valence electrons. The number of nitrogens with one attached hydrogen (secondary N) is 1. The molecule has 0 amide bonds. The highest BCUT2D eigenvalue weighted by Gasteiger charge is 2.21. The second-order valence-electron chi connectivity index (χ2n) is 4.16. The van der Waals surface area contributed by atoms with E-state index in [-0.39, 0.29) is 23.5 Å². The monoisotopic (exact) mass is 262 g/mol. The molecule has 0 spiro atoms. The molecule has 6 nitrogen and oxygen atoms in total. The van der Waals surface area contributed by atoms with Crippen LogP contribution >= 0.6 is 0 Å². The minimum atomic E-state index is -3.65. The lowest BCUT2D eigenvalue weighted by atomic mass is 10.3. The molecule has 1 unspecified atom stereocenters. The van der Waals surface area contributed by atoms with E-state index in [0.717, 1.165) is 0 Å². The van der Waals surface area contributed by atoms with Crippen molar-refractivity contribution in [3.8, 4) is 0 Å². The predicted octanol–water partition coefficient (Wildman–Crippen LogP) is 0.000300. The molecule has 1 atom stereocenters. The van der Waals surface area contributed by atoms with Gasteiger partial charge >= 0.3 is 0 Å². The van der Waals surface area contributed by atoms with E-state index in [9.17, 15) is 8.42 Å². The Morgan fingerprint density at radius 1 is 1.47 bits per heavy atom. The van der Waals surface area contributed by atoms with Crippen LogP contribution in [0.25, 0.3) is 0 Å². The van der Waals surface area contributed by atoms with Gasteiger partial charge in [0, 0.05) is 12.6 Å². The zero-order valence-electron chi connectivity index (χ0n) is 10.2. The first kappa shape index (κ1) is 14.2. The summed E-state index contributed by atoms with van der Waals surface area (Å²) in [7, 11) is 0.0765. The lowest BCUT2D eigenvalue weighted by molar-refractivity contribution is 0.236. The molecule has 0 aliphatic carbocycles. The van der Waals surface area contributed by atoms with Crippen LogP contribution in [0.15, 0.2) is 21.6 Å². The number of likely N-dealkylation sites (N-methyl/N-ethyl adjacent to an activating group) is 1. The standard InChI is InChI=1S/C10H18N2O4S/c1-8(6-12(2)3)11-17(14,15)10-5-4-9(7-13)16-10/h4-5,8,11,13H,6-7H2,1-3H3. The molecule has 1 aromatic rings. The van der Waals surface area contributed by atoms with E-state index in [1.807, 2.05) is 19.0 Å². The van der Waals surface area contributed by atoms with Crippen molar-refractivity contribution < 1.29 is 17.9 Å². The Labute approximate surface area is 101 Å². The minimum Gasteiger partial charge on any atom is -0.446 e. The fourth-order valence-electron chi connectivity index (χ4n) is 1.50. The van der Waals surface area contributed by atoms with Crippen molar-refractivity contribution in [2.45, 2.75) is 24.7 Å². The number of aliphatic hydroxyl groups is 1. The Kier molecular flexibility index (Phi) is 4.70. The summed E-state index contributed by atoms with van der Waals surface area (Å²) >= 11 is 0. The molecule has 0 fully saturated rings. The van der Waals surface area contributed by atoms with Crippen LogP contribution in [0.2, 0.25) is 0 Å². The molecule has 0 aliphatic heterocycles. The molecule has 0 aliphatic rings. The third-order valence-electron chi connectivity index (χ3n) is 2.05. The van der Waals surface area contributed by atoms with Crippen LogP contribution in [0.3, 0.4) is 0 Å². The number of furan rings is 1. The van der Waals surface area contributed by atoms with Gasteiger partial charge in [-0.25, -0.2) is 13.1 Å². The maximum Gasteiger partial charge on any atom is 0.274 e. The molecule has 1 rings (SSSR count). The molecule has 1 aromatic heterocycles. The normalized spacial score (nSPS) is 14.2. The molecule has 0 aromatic carbocycles. The van der Waals surface area contributed by atoms with Crippen LogP contribution in [0.1, 0.15) is 12.7 Å². The van der Waals surface area contributed by atoms with Crippen molar-refractivity contribution >= 4 is 10.0 Å². The lowest BCUT2D eigenvalue weighted by Crippen LogP contribution is -2.39. The zero-order valence-corrected chi connectivity index (χ0v) is 11.0. The Balaban J connectivity index is 2.74. The fourth-order valence-corrected chi connectivity index (χ4v) is 2.68. The molecular formula is C10H18N2O4S. The molecule has 0 saturated heterocycles. The SMILES string of the molecule is CC(CN(C)C)NS(=O)(=O)c1ccc(CO)o1. The Morgan fingerprint density at radius 2 is 2.12 bits per heavy atom. The molecule has 17 heavy (non-hydrogen) atoms. The molecule has 2 N–H and O–H groups in total. The van der Waals surface area contributed by atoms with Gasteiger partial charge in [-0.2, -0.15) is 0 Å². The van der Waals surface area contributed by atoms with Crippen molar-refractivity contribution in [2.75, 3.05) is 20.6 Å². The number of nitrogens with zero attached hydrogens (tertiary/aromatic N) is 1. The Morgan fingerprint density at radius 3 is 2.59 bits per heavy atom. The van der Waals surface area contributed by atoms with Crippen molar-refractivity contribution in [3.05, 3.63) is 17.9 Å². The summed E-state index contributed by atoms with van der Waals surface area (Å²) in [5, 5.41) is 8.63. The van der Waals surface area contributed by atoms with Gasteiger partial charge in [-0.3, -0.25) is 0 Å². The summed E-state index contributed by atoms with van der Waals surface area (Å²) < 4.78 is 31.2. The number of aliphatic hydroxyl groups excluding tert-OH is 1. The number of hydrogen-bond acceptors (Lipinski definition) is 5. The van der Waals surface area contributed by atoms with Gasteiger partial charge in [-0.15, -0.1) is 0 Å². The highest BCUT2D eigenvalue weighted by molar-refractivity contribution is 7.89. The summed E-state index contributed by atoms with van der Waals surface area (Å²) in [6, 6.07) is 2.54. The van der Waals surface area contributed by atoms with E-state index in [2.05, 4.69) is 4.72 Å². The van der Waals surface area contributed by atoms with Crippen LogP contribution in [0.5, 0.6) is 0 Å². The van der Waals surface area contributed by atoms with Crippen molar-refractivity contribution in [1.29, 1.82) is 0 Å². The summed E-state index contributed by atoms with van der Waals surface area (Å²) in [5.41, 5.74) is 0. The third kappa shape index (κ3) is 4.12. The summed E-state index contributed by atoms with van der Waals surface area (Å²) in [6.45, 7) is 2.04. The summed E-state index contributed by atoms with van der Waals surface area (Å²) in [5.74, 6) is 0.227. The highest BCUT2D eigenvalue weighted by atomic mass is 32.2. The molecule has 0 saturated carbocycles. The van der Waals surface area contributed by atoms with Gasteiger partial charge in [-0.05, 0) is 33.2 Å². The number of sulfonamides is 1. The smallest absolute Gasteiger partial charge is 0.274 e. The van der Waals surface area contributed by atoms with Gasteiger partial charge in [0.2, 0.25) is 5.09 Å². The average molecular weight is 262 g/mol. The maximum absolute atomic E-state index is 11.8. The molecular weight excluding hydrogens is 244 g/mol. The minimum absolute atomic E-state index is 0.174. The summed E-state index contributed by atoms with van der Waals surface area (Å²) in [4.78, 5) is 1.88. The molecule has 7 heteroatoms. The number of rotatable bonds is 6. The second kappa shape index (κ2) is 5.63. The number of hydrogen-bond donors (Lipinski definition) is 2. The van der Waals surface area contributed by atoms with Gasteiger partial charge in [0.15, 0.2) is 0 Å². The van der Waals surface area contributed by atoms with Crippen molar-refractivity contribution in [1.82, 2.24) is 9.62 Å². The van der Waals surface area contributed by atoms with E-state index in [4.69, 9.17) is 9.52 Å². The van der Waals surface area contributed by atoms with Gasteiger partial charge in [0.05, 0.1) is 0 Å². The van der Waals surface area contributed by atoms with Crippen molar-refractivity contribution in [3.63, 3.8) is 0 Å². The van der Waals surface area contributed by atoms with E-state index in [1.54, 1.807) is 6.92 Å². The fraction of sp³-hybridized carbons (Fsp3) is 0.600. The summed E-state index contributed by atoms with van der Waals surface area (Å²) in [6.07, 6.45) is 0. The van der Waals surface area contributed by atoms with Gasteiger partial charge in [-0.1, -0.05) is 0 Å². The van der Waals surface area contributed by atoms with Gasteiger partial charge in [0.25, 0.3) is 10.0 Å². The Bertz CT molecular complexity index is 453. The zero-order chi connectivity index (χ0) is 13.1. The molecule has 0 radical (unpaired) electrons. The second-order valence-corrected chi connectivity index (χ2v) is 5.81. The maximum atomic E-state index is 11.8. The van der Waals surface area contributed by atoms with Gasteiger partial charge in [0.1, 0.15) is 12.4 Å². The topological polar surface area (TPSA) is 82.8 Å².